The molecule has 25 heavy (non-hydrogen) atoms. The van der Waals surface area contributed by atoms with Crippen LogP contribution >= 0.6 is 45.2 Å². The number of halogens is 2. The van der Waals surface area contributed by atoms with Crippen molar-refractivity contribution < 1.29 is 19.7 Å². The summed E-state index contributed by atoms with van der Waals surface area (Å²) in [4.78, 5) is 10.9. The van der Waals surface area contributed by atoms with Gasteiger partial charge in [-0.25, -0.2) is 0 Å². The molecule has 2 rings (SSSR count). The molecule has 1 aromatic rings. The number of nitrogens with two attached hydrogens (primary N) is 1. The van der Waals surface area contributed by atoms with Crippen LogP contribution in [0.3, 0.4) is 0 Å². The lowest BCUT2D eigenvalue weighted by atomic mass is 9.87. The second-order valence-corrected chi connectivity index (χ2v) is 9.48. The van der Waals surface area contributed by atoms with Gasteiger partial charge in [0.1, 0.15) is 23.3 Å². The highest BCUT2D eigenvalue weighted by atomic mass is 127. The van der Waals surface area contributed by atoms with Crippen molar-refractivity contribution in [2.24, 2.45) is 11.7 Å². The molecule has 7 heteroatoms. The molecular formula is C18H21I2NO4. The highest BCUT2D eigenvalue weighted by molar-refractivity contribution is 14.1. The molecule has 0 heterocycles. The molecule has 5 nitrogen and oxygen atoms in total. The molecule has 0 bridgehead atoms. The third kappa shape index (κ3) is 4.88. The fourth-order valence-corrected chi connectivity index (χ4v) is 3.77. The number of carboxylic acid groups (broad SMARTS) is 1. The molecule has 0 aromatic heterocycles. The van der Waals surface area contributed by atoms with E-state index in [1.54, 1.807) is 12.2 Å². The average Bonchev–Trinajstić information content (AvgIpc) is 2.53. The van der Waals surface area contributed by atoms with Crippen molar-refractivity contribution >= 4 is 51.2 Å². The van der Waals surface area contributed by atoms with Crippen LogP contribution in [0.1, 0.15) is 25.8 Å². The molecule has 0 amide bonds. The predicted octanol–water partition coefficient (Wildman–Crippen LogP) is 4.18. The fourth-order valence-electron chi connectivity index (χ4n) is 2.52. The SMILES string of the molecule is CC(C)C1(I)CC(Oc2ccc(C[C@H](N)C(=O)O)cc2I)=CC=C1O. The fraction of sp³-hybridized carbons (Fsp3) is 0.389. The topological polar surface area (TPSA) is 92.8 Å². The maximum atomic E-state index is 10.9. The molecule has 1 aliphatic rings. The number of allylic oxidation sites excluding steroid dienone is 4. The summed E-state index contributed by atoms with van der Waals surface area (Å²) in [6, 6.07) is 4.63. The molecule has 0 saturated heterocycles. The Morgan fingerprint density at radius 2 is 2.08 bits per heavy atom. The van der Waals surface area contributed by atoms with E-state index < -0.39 is 12.0 Å². The van der Waals surface area contributed by atoms with Crippen LogP contribution in [0.5, 0.6) is 5.75 Å². The summed E-state index contributed by atoms with van der Waals surface area (Å²) in [7, 11) is 0. The molecule has 1 unspecified atom stereocenters. The molecule has 136 valence electrons. The number of rotatable bonds is 6. The van der Waals surface area contributed by atoms with Crippen LogP contribution in [-0.2, 0) is 11.2 Å². The van der Waals surface area contributed by atoms with E-state index in [4.69, 9.17) is 15.6 Å². The summed E-state index contributed by atoms with van der Waals surface area (Å²) in [6.45, 7) is 4.15. The maximum absolute atomic E-state index is 10.9. The lowest BCUT2D eigenvalue weighted by molar-refractivity contribution is -0.138. The first-order chi connectivity index (χ1) is 11.6. The van der Waals surface area contributed by atoms with Crippen LogP contribution in [0.25, 0.3) is 0 Å². The van der Waals surface area contributed by atoms with Crippen LogP contribution in [0.4, 0.5) is 0 Å². The van der Waals surface area contributed by atoms with Crippen molar-refractivity contribution in [1.29, 1.82) is 0 Å². The second-order valence-electron chi connectivity index (χ2n) is 6.39. The van der Waals surface area contributed by atoms with Gasteiger partial charge in [-0.05, 0) is 64.8 Å². The summed E-state index contributed by atoms with van der Waals surface area (Å²) in [5, 5.41) is 19.1. The Morgan fingerprint density at radius 3 is 2.64 bits per heavy atom. The largest absolute Gasteiger partial charge is 0.511 e. The van der Waals surface area contributed by atoms with Crippen molar-refractivity contribution in [3.05, 3.63) is 51.0 Å². The molecule has 0 spiro atoms. The number of alkyl halides is 1. The van der Waals surface area contributed by atoms with Gasteiger partial charge in [-0.2, -0.15) is 0 Å². The molecule has 1 aliphatic carbocycles. The van der Waals surface area contributed by atoms with E-state index in [9.17, 15) is 9.90 Å². The minimum atomic E-state index is -1.01. The molecule has 0 fully saturated rings. The summed E-state index contributed by atoms with van der Waals surface area (Å²) < 4.78 is 6.54. The molecule has 0 radical (unpaired) electrons. The number of benzene rings is 1. The Kier molecular flexibility index (Phi) is 6.77. The van der Waals surface area contributed by atoms with Gasteiger partial charge in [0.05, 0.1) is 6.99 Å². The first kappa shape index (κ1) is 20.5. The van der Waals surface area contributed by atoms with Crippen molar-refractivity contribution in [2.75, 3.05) is 0 Å². The molecule has 0 saturated carbocycles. The van der Waals surface area contributed by atoms with Crippen LogP contribution in [0.2, 0.25) is 0 Å². The Labute approximate surface area is 174 Å². The maximum Gasteiger partial charge on any atom is 0.320 e. The minimum absolute atomic E-state index is 0.260. The van der Waals surface area contributed by atoms with E-state index in [1.807, 2.05) is 18.2 Å². The van der Waals surface area contributed by atoms with Gasteiger partial charge in [-0.15, -0.1) is 0 Å². The van der Waals surface area contributed by atoms with Crippen molar-refractivity contribution in [3.8, 4) is 5.75 Å². The van der Waals surface area contributed by atoms with E-state index in [0.29, 0.717) is 17.9 Å². The number of hydrogen-bond donors (Lipinski definition) is 3. The lowest BCUT2D eigenvalue weighted by Crippen LogP contribution is -2.33. The normalized spacial score (nSPS) is 21.5. The van der Waals surface area contributed by atoms with Gasteiger partial charge in [0.15, 0.2) is 0 Å². The predicted molar refractivity (Wildman–Crippen MR) is 114 cm³/mol. The Balaban J connectivity index is 2.15. The molecule has 1 aromatic carbocycles. The first-order valence-electron chi connectivity index (χ1n) is 7.87. The minimum Gasteiger partial charge on any atom is -0.511 e. The number of ether oxygens (including phenoxy) is 1. The number of aliphatic carboxylic acids is 1. The molecular weight excluding hydrogens is 548 g/mol. The van der Waals surface area contributed by atoms with Gasteiger partial charge in [0.2, 0.25) is 0 Å². The van der Waals surface area contributed by atoms with Crippen LogP contribution in [0, 0.1) is 9.49 Å². The number of carboxylic acids is 1. The highest BCUT2D eigenvalue weighted by Gasteiger charge is 2.38. The summed E-state index contributed by atoms with van der Waals surface area (Å²) in [6.07, 6.45) is 4.36. The zero-order valence-corrected chi connectivity index (χ0v) is 18.3. The second kappa shape index (κ2) is 8.26. The van der Waals surface area contributed by atoms with Gasteiger partial charge < -0.3 is 20.7 Å². The van der Waals surface area contributed by atoms with Crippen LogP contribution in [-0.4, -0.2) is 25.6 Å². The zero-order valence-electron chi connectivity index (χ0n) is 14.0. The Hall–Kier alpha value is -0.810. The van der Waals surface area contributed by atoms with Gasteiger partial charge >= 0.3 is 5.97 Å². The van der Waals surface area contributed by atoms with E-state index in [1.165, 1.54) is 0 Å². The summed E-state index contributed by atoms with van der Waals surface area (Å²) >= 11 is 4.45. The Bertz CT molecular complexity index is 730. The first-order valence-corrected chi connectivity index (χ1v) is 10.0. The number of aliphatic hydroxyl groups excluding tert-OH is 1. The quantitative estimate of drug-likeness (QED) is 0.354. The van der Waals surface area contributed by atoms with Gasteiger partial charge in [0, 0.05) is 6.42 Å². The molecule has 2 atom stereocenters. The highest BCUT2D eigenvalue weighted by Crippen LogP contribution is 2.43. The van der Waals surface area contributed by atoms with Crippen LogP contribution < -0.4 is 10.5 Å². The zero-order chi connectivity index (χ0) is 18.8. The van der Waals surface area contributed by atoms with E-state index in [2.05, 4.69) is 59.0 Å². The van der Waals surface area contributed by atoms with Crippen molar-refractivity contribution in [2.45, 2.75) is 36.2 Å². The van der Waals surface area contributed by atoms with Gasteiger partial charge in [-0.3, -0.25) is 4.79 Å². The van der Waals surface area contributed by atoms with E-state index in [0.717, 1.165) is 14.9 Å². The summed E-state index contributed by atoms with van der Waals surface area (Å²) in [5.41, 5.74) is 6.44. The molecule has 4 N–H and O–H groups in total. The van der Waals surface area contributed by atoms with Crippen molar-refractivity contribution in [3.63, 3.8) is 0 Å². The van der Waals surface area contributed by atoms with Crippen molar-refractivity contribution in [1.82, 2.24) is 0 Å². The smallest absolute Gasteiger partial charge is 0.320 e. The van der Waals surface area contributed by atoms with Crippen LogP contribution in [0.15, 0.2) is 41.9 Å². The average molecular weight is 569 g/mol. The number of carbonyl (C=O) groups is 1. The van der Waals surface area contributed by atoms with Gasteiger partial charge in [-0.1, -0.05) is 42.5 Å². The lowest BCUT2D eigenvalue weighted by Gasteiger charge is -2.34. The third-order valence-corrected chi connectivity index (χ3v) is 7.23. The Morgan fingerprint density at radius 1 is 1.40 bits per heavy atom. The number of aliphatic hydroxyl groups is 1. The third-order valence-electron chi connectivity index (χ3n) is 4.21. The monoisotopic (exact) mass is 569 g/mol. The summed E-state index contributed by atoms with van der Waals surface area (Å²) in [5.74, 6) is 1.10. The van der Waals surface area contributed by atoms with Gasteiger partial charge in [0.25, 0.3) is 0 Å². The van der Waals surface area contributed by atoms with E-state index >= 15 is 0 Å². The standard InChI is InChI=1S/C18H21I2NO4/c1-10(2)18(20)9-12(4-6-16(18)22)25-15-5-3-11(7-13(15)19)8-14(21)17(23)24/h3-7,10,14,22H,8-9,21H2,1-2H3,(H,23,24)/t14-,18?/m0/s1. The van der Waals surface area contributed by atoms with E-state index in [-0.39, 0.29) is 15.8 Å². The number of hydrogen-bond acceptors (Lipinski definition) is 4. The molecule has 0 aliphatic heterocycles.